The lowest BCUT2D eigenvalue weighted by molar-refractivity contribution is -0.141. The molecule has 1 aromatic heterocycles. The van der Waals surface area contributed by atoms with Gasteiger partial charge in [-0.25, -0.2) is 13.8 Å². The molecule has 2 N–H and O–H groups in total. The molecule has 0 bridgehead atoms. The largest absolute Gasteiger partial charge is 0.433 e. The highest BCUT2D eigenvalue weighted by atomic mass is 79.9. The van der Waals surface area contributed by atoms with Gasteiger partial charge in [0.25, 0.3) is 6.43 Å². The van der Waals surface area contributed by atoms with Crippen LogP contribution in [0.15, 0.2) is 10.5 Å². The van der Waals surface area contributed by atoms with Gasteiger partial charge in [0, 0.05) is 11.0 Å². The second kappa shape index (κ2) is 4.62. The number of halogens is 6. The van der Waals surface area contributed by atoms with E-state index in [-0.39, 0.29) is 16.6 Å². The Morgan fingerprint density at radius 1 is 1.38 bits per heavy atom. The van der Waals surface area contributed by atoms with Gasteiger partial charge in [0.2, 0.25) is 0 Å². The smallest absolute Gasteiger partial charge is 0.326 e. The predicted molar refractivity (Wildman–Crippen MR) is 49.8 cm³/mol. The van der Waals surface area contributed by atoms with Crippen LogP contribution >= 0.6 is 15.9 Å². The van der Waals surface area contributed by atoms with Crippen LogP contribution in [-0.4, -0.2) is 4.98 Å². The monoisotopic (exact) mass is 304 g/mol. The van der Waals surface area contributed by atoms with Gasteiger partial charge in [-0.3, -0.25) is 0 Å². The summed E-state index contributed by atoms with van der Waals surface area (Å²) in [6.45, 7) is -0.286. The van der Waals surface area contributed by atoms with E-state index >= 15 is 0 Å². The van der Waals surface area contributed by atoms with Crippen LogP contribution < -0.4 is 5.73 Å². The summed E-state index contributed by atoms with van der Waals surface area (Å²) in [6.07, 6.45) is -7.86. The maximum atomic E-state index is 12.4. The molecule has 0 atom stereocenters. The third-order valence-electron chi connectivity index (χ3n) is 1.78. The van der Waals surface area contributed by atoms with E-state index in [1.54, 1.807) is 0 Å². The number of hydrogen-bond donors (Lipinski definition) is 1. The zero-order valence-electron chi connectivity index (χ0n) is 7.65. The first-order valence-corrected chi connectivity index (χ1v) is 4.81. The average molecular weight is 305 g/mol. The van der Waals surface area contributed by atoms with E-state index in [9.17, 15) is 22.0 Å². The standard InChI is InChI=1S/C8H6BrF5N2/c9-5-3(2-15)1-4(8(12,13)14)16-6(5)7(10)11/h1,7H,2,15H2. The minimum atomic E-state index is -4.77. The minimum absolute atomic E-state index is 0.0578. The first-order valence-electron chi connectivity index (χ1n) is 4.02. The fraction of sp³-hybridized carbons (Fsp3) is 0.375. The summed E-state index contributed by atoms with van der Waals surface area (Å²) < 4.78 is 61.6. The van der Waals surface area contributed by atoms with Crippen molar-refractivity contribution in [3.8, 4) is 0 Å². The van der Waals surface area contributed by atoms with E-state index in [1.165, 1.54) is 0 Å². The first-order chi connectivity index (χ1) is 7.27. The van der Waals surface area contributed by atoms with Crippen molar-refractivity contribution < 1.29 is 22.0 Å². The van der Waals surface area contributed by atoms with E-state index in [0.29, 0.717) is 6.07 Å². The van der Waals surface area contributed by atoms with Gasteiger partial charge in [-0.15, -0.1) is 0 Å². The Bertz CT molecular complexity index is 391. The molecule has 0 saturated heterocycles. The first kappa shape index (κ1) is 13.3. The van der Waals surface area contributed by atoms with Crippen molar-refractivity contribution in [2.45, 2.75) is 19.1 Å². The van der Waals surface area contributed by atoms with Gasteiger partial charge >= 0.3 is 6.18 Å². The van der Waals surface area contributed by atoms with Gasteiger partial charge in [-0.05, 0) is 27.6 Å². The molecule has 0 aliphatic rings. The second-order valence-corrected chi connectivity index (χ2v) is 3.66. The highest BCUT2D eigenvalue weighted by Crippen LogP contribution is 2.34. The van der Waals surface area contributed by atoms with Crippen LogP contribution in [0.3, 0.4) is 0 Å². The third-order valence-corrected chi connectivity index (χ3v) is 2.69. The molecule has 1 heterocycles. The Labute approximate surface area is 95.8 Å². The Kier molecular flexibility index (Phi) is 3.84. The number of nitrogens with zero attached hydrogens (tertiary/aromatic N) is 1. The van der Waals surface area contributed by atoms with Crippen LogP contribution in [0.4, 0.5) is 22.0 Å². The van der Waals surface area contributed by atoms with Crippen molar-refractivity contribution in [3.63, 3.8) is 0 Å². The predicted octanol–water partition coefficient (Wildman–Crippen LogP) is 3.26. The van der Waals surface area contributed by atoms with Crippen LogP contribution in [0.25, 0.3) is 0 Å². The molecule has 90 valence electrons. The summed E-state index contributed by atoms with van der Waals surface area (Å²) in [6, 6.07) is 0.649. The van der Waals surface area contributed by atoms with E-state index in [0.717, 1.165) is 0 Å². The second-order valence-electron chi connectivity index (χ2n) is 2.87. The number of nitrogens with two attached hydrogens (primary N) is 1. The lowest BCUT2D eigenvalue weighted by atomic mass is 10.2. The molecule has 16 heavy (non-hydrogen) atoms. The maximum Gasteiger partial charge on any atom is 0.433 e. The van der Waals surface area contributed by atoms with Crippen LogP contribution in [0.5, 0.6) is 0 Å². The quantitative estimate of drug-likeness (QED) is 0.852. The highest BCUT2D eigenvalue weighted by molar-refractivity contribution is 9.10. The molecule has 8 heteroatoms. The van der Waals surface area contributed by atoms with Gasteiger partial charge in [0.05, 0.1) is 0 Å². The lowest BCUT2D eigenvalue weighted by Gasteiger charge is -2.12. The zero-order chi connectivity index (χ0) is 12.5. The molecule has 2 nitrogen and oxygen atoms in total. The van der Waals surface area contributed by atoms with Gasteiger partial charge in [0.1, 0.15) is 11.4 Å². The summed E-state index contributed by atoms with van der Waals surface area (Å²) in [7, 11) is 0. The van der Waals surface area contributed by atoms with Crippen molar-refractivity contribution in [1.29, 1.82) is 0 Å². The molecule has 1 aromatic rings. The number of rotatable bonds is 2. The fourth-order valence-corrected chi connectivity index (χ4v) is 1.58. The number of hydrogen-bond acceptors (Lipinski definition) is 2. The van der Waals surface area contributed by atoms with Crippen molar-refractivity contribution >= 4 is 15.9 Å². The summed E-state index contributed by atoms with van der Waals surface area (Å²) in [5.41, 5.74) is 2.79. The average Bonchev–Trinajstić information content (AvgIpc) is 2.15. The lowest BCUT2D eigenvalue weighted by Crippen LogP contribution is -2.13. The molecule has 0 fully saturated rings. The Morgan fingerprint density at radius 3 is 2.31 bits per heavy atom. The Morgan fingerprint density at radius 2 is 1.94 bits per heavy atom. The summed E-state index contributed by atoms with van der Waals surface area (Å²) in [5, 5.41) is 0. The topological polar surface area (TPSA) is 38.9 Å². The molecule has 0 radical (unpaired) electrons. The molecule has 0 unspecified atom stereocenters. The molecule has 1 rings (SSSR count). The van der Waals surface area contributed by atoms with Gasteiger partial charge in [-0.2, -0.15) is 13.2 Å². The number of aromatic nitrogens is 1. The number of pyridine rings is 1. The van der Waals surface area contributed by atoms with E-state index in [2.05, 4.69) is 20.9 Å². The Hall–Kier alpha value is -0.760. The molecule has 0 aliphatic carbocycles. The molecule has 0 amide bonds. The normalized spacial score (nSPS) is 12.2. The summed E-state index contributed by atoms with van der Waals surface area (Å²) in [5.74, 6) is 0. The van der Waals surface area contributed by atoms with Crippen LogP contribution in [0.2, 0.25) is 0 Å². The van der Waals surface area contributed by atoms with E-state index in [4.69, 9.17) is 5.73 Å². The molecular formula is C8H6BrF5N2. The van der Waals surface area contributed by atoms with Crippen LogP contribution in [0, 0.1) is 0 Å². The third kappa shape index (κ3) is 2.67. The summed E-state index contributed by atoms with van der Waals surface area (Å²) in [4.78, 5) is 2.87. The fourth-order valence-electron chi connectivity index (χ4n) is 1.04. The van der Waals surface area contributed by atoms with Gasteiger partial charge in [-0.1, -0.05) is 0 Å². The molecule has 0 spiro atoms. The Balaban J connectivity index is 3.40. The SMILES string of the molecule is NCc1cc(C(F)(F)F)nc(C(F)F)c1Br. The molecule has 0 saturated carbocycles. The molecule has 0 aliphatic heterocycles. The van der Waals surface area contributed by atoms with Crippen LogP contribution in [-0.2, 0) is 12.7 Å². The van der Waals surface area contributed by atoms with Crippen LogP contribution in [0.1, 0.15) is 23.4 Å². The van der Waals surface area contributed by atoms with Crippen molar-refractivity contribution in [2.75, 3.05) is 0 Å². The maximum absolute atomic E-state index is 12.4. The molecular weight excluding hydrogens is 299 g/mol. The van der Waals surface area contributed by atoms with Crippen molar-refractivity contribution in [1.82, 2.24) is 4.98 Å². The van der Waals surface area contributed by atoms with E-state index < -0.39 is 24.0 Å². The van der Waals surface area contributed by atoms with Gasteiger partial charge < -0.3 is 5.73 Å². The zero-order valence-corrected chi connectivity index (χ0v) is 9.24. The van der Waals surface area contributed by atoms with Crippen molar-refractivity contribution in [2.24, 2.45) is 5.73 Å². The highest BCUT2D eigenvalue weighted by Gasteiger charge is 2.34. The van der Waals surface area contributed by atoms with Crippen molar-refractivity contribution in [3.05, 3.63) is 27.5 Å². The van der Waals surface area contributed by atoms with E-state index in [1.807, 2.05) is 0 Å². The minimum Gasteiger partial charge on any atom is -0.326 e. The number of alkyl halides is 5. The van der Waals surface area contributed by atoms with Gasteiger partial charge in [0.15, 0.2) is 0 Å². The summed E-state index contributed by atoms with van der Waals surface area (Å²) >= 11 is 2.75. The molecule has 0 aromatic carbocycles.